The van der Waals surface area contributed by atoms with Crippen molar-refractivity contribution in [1.82, 2.24) is 10.2 Å². The zero-order chi connectivity index (χ0) is 17.9. The molecule has 1 heterocycles. The molecule has 3 amide bonds. The van der Waals surface area contributed by atoms with Gasteiger partial charge in [0.2, 0.25) is 11.8 Å². The Morgan fingerprint density at radius 1 is 1.25 bits per heavy atom. The summed E-state index contributed by atoms with van der Waals surface area (Å²) in [5.74, 6) is -1.77. The Hall–Kier alpha value is -2.70. The zero-order valence-electron chi connectivity index (χ0n) is 13.9. The van der Waals surface area contributed by atoms with E-state index in [0.717, 1.165) is 5.56 Å². The van der Waals surface area contributed by atoms with Crippen molar-refractivity contribution in [3.8, 4) is 0 Å². The summed E-state index contributed by atoms with van der Waals surface area (Å²) in [7, 11) is 3.18. The molecule has 0 saturated carbocycles. The van der Waals surface area contributed by atoms with E-state index in [9.17, 15) is 19.2 Å². The van der Waals surface area contributed by atoms with Crippen LogP contribution in [-0.2, 0) is 25.5 Å². The fraction of sp³-hybridized carbons (Fsp3) is 0.412. The van der Waals surface area contributed by atoms with Crippen LogP contribution in [-0.4, -0.2) is 48.8 Å². The van der Waals surface area contributed by atoms with Gasteiger partial charge in [-0.05, 0) is 31.0 Å². The highest BCUT2D eigenvalue weighted by atomic mass is 16.5. The number of hydrogen-bond acceptors (Lipinski definition) is 5. The Balaban J connectivity index is 1.96. The molecule has 7 nitrogen and oxygen atoms in total. The molecule has 1 fully saturated rings. The molecule has 1 aliphatic rings. The molecule has 0 radical (unpaired) electrons. The summed E-state index contributed by atoms with van der Waals surface area (Å²) in [6.07, 6.45) is -0.241. The number of hydrogen-bond donors (Lipinski definition) is 1. The van der Waals surface area contributed by atoms with Gasteiger partial charge in [-0.3, -0.25) is 19.7 Å². The number of nitrogens with one attached hydrogen (secondary N) is 1. The highest BCUT2D eigenvalue weighted by molar-refractivity contribution is 6.03. The minimum atomic E-state index is -0.861. The summed E-state index contributed by atoms with van der Waals surface area (Å²) in [5.41, 5.74) is 1.17. The molecule has 128 valence electrons. The second-order valence-electron chi connectivity index (χ2n) is 5.99. The minimum absolute atomic E-state index is 0.187. The van der Waals surface area contributed by atoms with Gasteiger partial charge in [0.05, 0.1) is 11.5 Å². The summed E-state index contributed by atoms with van der Waals surface area (Å²) in [6, 6.07) is 6.59. The lowest BCUT2D eigenvalue weighted by Gasteiger charge is -2.17. The van der Waals surface area contributed by atoms with Gasteiger partial charge in [-0.25, -0.2) is 4.79 Å². The Kier molecular flexibility index (Phi) is 5.33. The van der Waals surface area contributed by atoms with E-state index in [0.29, 0.717) is 12.0 Å². The Labute approximate surface area is 140 Å². The number of likely N-dealkylation sites (N-methyl/N-ethyl adjacent to an activating group) is 1. The SMILES string of the molecule is C[C@H](OC(=O)c1ccc(C[C@@H]2CC(=O)NC2=O)cc1)C(=O)N(C)C. The molecule has 1 aromatic rings. The van der Waals surface area contributed by atoms with Crippen LogP contribution in [0.1, 0.15) is 29.3 Å². The van der Waals surface area contributed by atoms with E-state index in [1.165, 1.54) is 11.8 Å². The van der Waals surface area contributed by atoms with Crippen molar-refractivity contribution < 1.29 is 23.9 Å². The molecular formula is C17H20N2O5. The van der Waals surface area contributed by atoms with Gasteiger partial charge in [0, 0.05) is 20.5 Å². The van der Waals surface area contributed by atoms with E-state index < -0.39 is 12.1 Å². The number of imide groups is 1. The molecule has 24 heavy (non-hydrogen) atoms. The number of amides is 3. The summed E-state index contributed by atoms with van der Waals surface area (Å²) >= 11 is 0. The molecule has 7 heteroatoms. The fourth-order valence-electron chi connectivity index (χ4n) is 2.48. The Bertz CT molecular complexity index is 666. The van der Waals surface area contributed by atoms with Crippen molar-refractivity contribution in [2.24, 2.45) is 5.92 Å². The highest BCUT2D eigenvalue weighted by Crippen LogP contribution is 2.18. The lowest BCUT2D eigenvalue weighted by molar-refractivity contribution is -0.137. The van der Waals surface area contributed by atoms with E-state index in [1.54, 1.807) is 38.4 Å². The van der Waals surface area contributed by atoms with Gasteiger partial charge in [-0.15, -0.1) is 0 Å². The first-order valence-corrected chi connectivity index (χ1v) is 7.62. The van der Waals surface area contributed by atoms with Gasteiger partial charge in [-0.1, -0.05) is 12.1 Å². The van der Waals surface area contributed by atoms with E-state index in [4.69, 9.17) is 4.74 Å². The predicted molar refractivity (Wildman–Crippen MR) is 85.0 cm³/mol. The van der Waals surface area contributed by atoms with Crippen LogP contribution in [0, 0.1) is 5.92 Å². The van der Waals surface area contributed by atoms with Gasteiger partial charge < -0.3 is 9.64 Å². The van der Waals surface area contributed by atoms with E-state index in [1.807, 2.05) is 0 Å². The van der Waals surface area contributed by atoms with Crippen LogP contribution in [0.3, 0.4) is 0 Å². The largest absolute Gasteiger partial charge is 0.449 e. The maximum atomic E-state index is 12.0. The Morgan fingerprint density at radius 2 is 1.88 bits per heavy atom. The maximum Gasteiger partial charge on any atom is 0.338 e. The number of ether oxygens (including phenoxy) is 1. The average Bonchev–Trinajstić information content (AvgIpc) is 2.84. The van der Waals surface area contributed by atoms with Gasteiger partial charge in [0.25, 0.3) is 5.91 Å². The quantitative estimate of drug-likeness (QED) is 0.627. The summed E-state index contributed by atoms with van der Waals surface area (Å²) in [4.78, 5) is 47.8. The van der Waals surface area contributed by atoms with Crippen molar-refractivity contribution in [3.63, 3.8) is 0 Å². The number of benzene rings is 1. The number of carbonyl (C=O) groups excluding carboxylic acids is 4. The third-order valence-corrected chi connectivity index (χ3v) is 3.81. The summed E-state index contributed by atoms with van der Waals surface area (Å²) in [6.45, 7) is 1.52. The third kappa shape index (κ3) is 4.18. The number of carbonyl (C=O) groups is 4. The lowest BCUT2D eigenvalue weighted by Crippen LogP contribution is -2.34. The van der Waals surface area contributed by atoms with E-state index in [2.05, 4.69) is 5.32 Å². The standard InChI is InChI=1S/C17H20N2O5/c1-10(16(22)19(2)3)24-17(23)12-6-4-11(5-7-12)8-13-9-14(20)18-15(13)21/h4-7,10,13H,8-9H2,1-3H3,(H,18,20,21)/t10-,13+/m0/s1. The molecule has 1 saturated heterocycles. The molecular weight excluding hydrogens is 312 g/mol. The molecule has 1 aromatic carbocycles. The first-order chi connectivity index (χ1) is 11.3. The predicted octanol–water partition coefficient (Wildman–Crippen LogP) is 0.525. The normalized spacial score (nSPS) is 18.0. The molecule has 2 atom stereocenters. The zero-order valence-corrected chi connectivity index (χ0v) is 13.9. The van der Waals surface area contributed by atoms with Crippen LogP contribution in [0.15, 0.2) is 24.3 Å². The van der Waals surface area contributed by atoms with Crippen LogP contribution < -0.4 is 5.32 Å². The molecule has 0 bridgehead atoms. The molecule has 0 spiro atoms. The van der Waals surface area contributed by atoms with Crippen LogP contribution in [0.2, 0.25) is 0 Å². The van der Waals surface area contributed by atoms with Crippen LogP contribution in [0.4, 0.5) is 0 Å². The van der Waals surface area contributed by atoms with Gasteiger partial charge in [0.1, 0.15) is 0 Å². The molecule has 2 rings (SSSR count). The average molecular weight is 332 g/mol. The first-order valence-electron chi connectivity index (χ1n) is 7.62. The monoisotopic (exact) mass is 332 g/mol. The van der Waals surface area contributed by atoms with Gasteiger partial charge in [-0.2, -0.15) is 0 Å². The van der Waals surface area contributed by atoms with Gasteiger partial charge in [0.15, 0.2) is 6.10 Å². The fourth-order valence-corrected chi connectivity index (χ4v) is 2.48. The molecule has 0 aliphatic carbocycles. The maximum absolute atomic E-state index is 12.0. The third-order valence-electron chi connectivity index (χ3n) is 3.81. The topological polar surface area (TPSA) is 92.8 Å². The smallest absolute Gasteiger partial charge is 0.338 e. The number of esters is 1. The number of rotatable bonds is 5. The first kappa shape index (κ1) is 17.7. The van der Waals surface area contributed by atoms with Gasteiger partial charge >= 0.3 is 5.97 Å². The lowest BCUT2D eigenvalue weighted by atomic mass is 9.97. The van der Waals surface area contributed by atoms with Crippen LogP contribution in [0.5, 0.6) is 0 Å². The van der Waals surface area contributed by atoms with Crippen LogP contribution in [0.25, 0.3) is 0 Å². The second-order valence-corrected chi connectivity index (χ2v) is 5.99. The summed E-state index contributed by atoms with van der Waals surface area (Å²) < 4.78 is 5.13. The highest BCUT2D eigenvalue weighted by Gasteiger charge is 2.30. The van der Waals surface area contributed by atoms with Crippen molar-refractivity contribution in [1.29, 1.82) is 0 Å². The molecule has 1 N–H and O–H groups in total. The van der Waals surface area contributed by atoms with Crippen molar-refractivity contribution in [2.45, 2.75) is 25.9 Å². The second kappa shape index (κ2) is 7.25. The van der Waals surface area contributed by atoms with Crippen LogP contribution >= 0.6 is 0 Å². The molecule has 0 aromatic heterocycles. The number of nitrogens with zero attached hydrogens (tertiary/aromatic N) is 1. The molecule has 0 unspecified atom stereocenters. The Morgan fingerprint density at radius 3 is 2.38 bits per heavy atom. The van der Waals surface area contributed by atoms with Crippen molar-refractivity contribution in [3.05, 3.63) is 35.4 Å². The minimum Gasteiger partial charge on any atom is -0.449 e. The summed E-state index contributed by atoms with van der Waals surface area (Å²) in [5, 5.41) is 2.27. The van der Waals surface area contributed by atoms with Crippen molar-refractivity contribution >= 4 is 23.7 Å². The van der Waals surface area contributed by atoms with E-state index >= 15 is 0 Å². The van der Waals surface area contributed by atoms with Crippen molar-refractivity contribution in [2.75, 3.05) is 14.1 Å². The van der Waals surface area contributed by atoms with E-state index in [-0.39, 0.29) is 30.1 Å². The molecule has 1 aliphatic heterocycles.